The van der Waals surface area contributed by atoms with Gasteiger partial charge in [-0.1, -0.05) is 84.0 Å². The zero-order chi connectivity index (χ0) is 16.4. The fourth-order valence-electron chi connectivity index (χ4n) is 6.05. The van der Waals surface area contributed by atoms with Crippen LogP contribution in [-0.2, 0) is 0 Å². The molecule has 0 atom stereocenters. The van der Waals surface area contributed by atoms with Crippen LogP contribution in [0.15, 0.2) is 0 Å². The zero-order valence-corrected chi connectivity index (χ0v) is 22.9. The van der Waals surface area contributed by atoms with Crippen molar-refractivity contribution in [2.75, 3.05) is 0 Å². The summed E-state index contributed by atoms with van der Waals surface area (Å²) in [7, 11) is 0. The molecule has 0 saturated heterocycles. The average molecular weight is 400 g/mol. The van der Waals surface area contributed by atoms with Crippen molar-refractivity contribution in [3.05, 3.63) is 0 Å². The first-order valence-electron chi connectivity index (χ1n) is 9.97. The minimum atomic E-state index is -0.356. The molecule has 3 rings (SSSR count). The molecule has 3 fully saturated rings. The summed E-state index contributed by atoms with van der Waals surface area (Å²) in [6.07, 6.45) is 10.3. The zero-order valence-electron chi connectivity index (χ0n) is 16.7. The molecule has 0 bridgehead atoms. The van der Waals surface area contributed by atoms with Gasteiger partial charge in [-0.2, -0.15) is 0 Å². The molecule has 25 heavy (non-hydrogen) atoms. The topological polar surface area (TPSA) is 69.2 Å². The van der Waals surface area contributed by atoms with Gasteiger partial charge in [0, 0.05) is 0 Å². The fraction of sp³-hybridized carbons (Fsp3) is 1.00. The minimum absolute atomic E-state index is 0. The van der Waals surface area contributed by atoms with Gasteiger partial charge >= 0.3 is 103 Å². The molecule has 0 radical (unpaired) electrons. The Morgan fingerprint density at radius 2 is 0.680 bits per heavy atom. The van der Waals surface area contributed by atoms with Gasteiger partial charge in [0.1, 0.15) is 0 Å². The summed E-state index contributed by atoms with van der Waals surface area (Å²) in [6.45, 7) is 2.47. The Labute approximate surface area is 239 Å². The van der Waals surface area contributed by atoms with Gasteiger partial charge in [0.15, 0.2) is 0 Å². The number of hydrogen-bond acceptors (Lipinski definition) is 3. The van der Waals surface area contributed by atoms with E-state index in [0.717, 1.165) is 77.0 Å². The molecule has 0 aromatic rings. The SMILES string of the molecule is CC(C1CCC([O-])CC1)(C1CCC([O-])CC1)C1CCC([O-])CC1.[K+].[K+]. The van der Waals surface area contributed by atoms with Crippen LogP contribution in [0.3, 0.4) is 0 Å². The second kappa shape index (κ2) is 12.1. The van der Waals surface area contributed by atoms with E-state index >= 15 is 0 Å². The predicted molar refractivity (Wildman–Crippen MR) is 85.3 cm³/mol. The Morgan fingerprint density at radius 1 is 0.480 bits per heavy atom. The number of hydrogen-bond donors (Lipinski definition) is 0. The van der Waals surface area contributed by atoms with Gasteiger partial charge in [0.05, 0.1) is 0 Å². The van der Waals surface area contributed by atoms with Gasteiger partial charge in [0.25, 0.3) is 0 Å². The van der Waals surface area contributed by atoms with E-state index in [1.807, 2.05) is 0 Å². The second-order valence-corrected chi connectivity index (χ2v) is 8.79. The van der Waals surface area contributed by atoms with Gasteiger partial charge in [-0.25, -0.2) is 0 Å². The molecule has 0 heterocycles. The summed E-state index contributed by atoms with van der Waals surface area (Å²) in [5.74, 6) is 1.90. The van der Waals surface area contributed by atoms with Crippen molar-refractivity contribution in [2.24, 2.45) is 23.2 Å². The quantitative estimate of drug-likeness (QED) is 0.452. The van der Waals surface area contributed by atoms with E-state index in [9.17, 15) is 15.3 Å². The van der Waals surface area contributed by atoms with Gasteiger partial charge in [-0.15, -0.1) is 18.3 Å². The smallest absolute Gasteiger partial charge is 0.852 e. The van der Waals surface area contributed by atoms with E-state index < -0.39 is 0 Å². The Bertz CT molecular complexity index is 314. The van der Waals surface area contributed by atoms with Crippen LogP contribution in [0.5, 0.6) is 0 Å². The van der Waals surface area contributed by atoms with Gasteiger partial charge in [-0.3, -0.25) is 0 Å². The van der Waals surface area contributed by atoms with E-state index in [-0.39, 0.29) is 126 Å². The maximum Gasteiger partial charge on any atom is 1.00 e. The molecule has 0 aromatic carbocycles. The predicted octanol–water partition coefficient (Wildman–Crippen LogP) is -4.24. The van der Waals surface area contributed by atoms with Crippen molar-refractivity contribution in [1.29, 1.82) is 0 Å². The van der Waals surface area contributed by atoms with Crippen molar-refractivity contribution < 1.29 is 118 Å². The van der Waals surface area contributed by atoms with Gasteiger partial charge < -0.3 is 15.3 Å². The fourth-order valence-corrected chi connectivity index (χ4v) is 6.05. The molecule has 5 heteroatoms. The molecular formula is C20H33K2O3-. The summed E-state index contributed by atoms with van der Waals surface area (Å²) in [4.78, 5) is 0. The third-order valence-corrected chi connectivity index (χ3v) is 7.66. The van der Waals surface area contributed by atoms with Crippen LogP contribution in [0.25, 0.3) is 0 Å². The Hall–Kier alpha value is 3.15. The van der Waals surface area contributed by atoms with Gasteiger partial charge in [0.2, 0.25) is 0 Å². The third kappa shape index (κ3) is 6.57. The minimum Gasteiger partial charge on any atom is -0.852 e. The summed E-state index contributed by atoms with van der Waals surface area (Å²) < 4.78 is 0. The van der Waals surface area contributed by atoms with E-state index in [4.69, 9.17) is 0 Å². The van der Waals surface area contributed by atoms with Gasteiger partial charge in [-0.05, 0) is 23.2 Å². The summed E-state index contributed by atoms with van der Waals surface area (Å²) >= 11 is 0. The third-order valence-electron chi connectivity index (χ3n) is 7.66. The van der Waals surface area contributed by atoms with Crippen LogP contribution in [0, 0.1) is 23.2 Å². The molecule has 3 nitrogen and oxygen atoms in total. The van der Waals surface area contributed by atoms with Crippen LogP contribution in [-0.4, -0.2) is 18.3 Å². The van der Waals surface area contributed by atoms with E-state index in [1.165, 1.54) is 0 Å². The first-order valence-corrected chi connectivity index (χ1v) is 9.97. The van der Waals surface area contributed by atoms with Crippen LogP contribution in [0.2, 0.25) is 0 Å². The molecule has 0 spiro atoms. The molecule has 3 aliphatic carbocycles. The molecule has 0 unspecified atom stereocenters. The first-order chi connectivity index (χ1) is 11.0. The largest absolute Gasteiger partial charge is 1.00 e. The Kier molecular flexibility index (Phi) is 12.7. The van der Waals surface area contributed by atoms with E-state index in [0.29, 0.717) is 17.8 Å². The summed E-state index contributed by atoms with van der Waals surface area (Å²) in [5, 5.41) is 35.3. The summed E-state index contributed by atoms with van der Waals surface area (Å²) in [5.41, 5.74) is 0.250. The standard InChI is InChI=1S/C20H33O3.2K/c1-20(14-2-8-17(21)9-3-14,15-4-10-18(22)11-5-15)16-6-12-19(23)13-7-16;;/h14-19H,2-13H2,1H3;;/q-3;2*+1. The molecule has 0 aliphatic heterocycles. The van der Waals surface area contributed by atoms with Crippen LogP contribution >= 0.6 is 0 Å². The molecule has 3 aliphatic rings. The Balaban J connectivity index is 0.00000156. The maximum absolute atomic E-state index is 11.8. The molecule has 134 valence electrons. The number of rotatable bonds is 3. The summed E-state index contributed by atoms with van der Waals surface area (Å²) in [6, 6.07) is 0. The maximum atomic E-state index is 11.8. The average Bonchev–Trinajstić information content (AvgIpc) is 2.56. The van der Waals surface area contributed by atoms with Crippen molar-refractivity contribution >= 4 is 0 Å². The first kappa shape index (κ1) is 26.2. The van der Waals surface area contributed by atoms with Crippen LogP contribution < -0.4 is 118 Å². The Morgan fingerprint density at radius 3 is 0.880 bits per heavy atom. The van der Waals surface area contributed by atoms with Crippen molar-refractivity contribution in [1.82, 2.24) is 0 Å². The molecular weight excluding hydrogens is 366 g/mol. The van der Waals surface area contributed by atoms with Crippen LogP contribution in [0.1, 0.15) is 84.0 Å². The monoisotopic (exact) mass is 399 g/mol. The van der Waals surface area contributed by atoms with E-state index in [1.54, 1.807) is 0 Å². The van der Waals surface area contributed by atoms with Crippen molar-refractivity contribution in [2.45, 2.75) is 102 Å². The van der Waals surface area contributed by atoms with Crippen LogP contribution in [0.4, 0.5) is 0 Å². The molecule has 0 N–H and O–H groups in total. The van der Waals surface area contributed by atoms with E-state index in [2.05, 4.69) is 6.92 Å². The van der Waals surface area contributed by atoms with Crippen molar-refractivity contribution in [3.8, 4) is 0 Å². The molecule has 0 aromatic heterocycles. The van der Waals surface area contributed by atoms with Crippen molar-refractivity contribution in [3.63, 3.8) is 0 Å². The molecule has 3 saturated carbocycles. The molecule has 0 amide bonds. The normalized spacial score (nSPS) is 41.8. The second-order valence-electron chi connectivity index (χ2n) is 8.79.